The minimum atomic E-state index is -0.482. The van der Waals surface area contributed by atoms with Crippen molar-refractivity contribution in [1.82, 2.24) is 10.2 Å². The Morgan fingerprint density at radius 3 is 2.58 bits per heavy atom. The summed E-state index contributed by atoms with van der Waals surface area (Å²) in [5.41, 5.74) is 0. The number of likely N-dealkylation sites (N-methyl/N-ethyl adjacent to an activating group) is 1. The van der Waals surface area contributed by atoms with E-state index in [0.29, 0.717) is 19.2 Å². The first-order valence-electron chi connectivity index (χ1n) is 6.86. The van der Waals surface area contributed by atoms with Crippen LogP contribution in [-0.4, -0.2) is 55.4 Å². The molecule has 1 aromatic carbocycles. The van der Waals surface area contributed by atoms with Crippen LogP contribution in [-0.2, 0) is 0 Å². The number of rotatable bonds is 9. The van der Waals surface area contributed by atoms with E-state index in [1.807, 2.05) is 30.3 Å². The lowest BCUT2D eigenvalue weighted by Crippen LogP contribution is -2.37. The lowest BCUT2D eigenvalue weighted by Gasteiger charge is -2.21. The Hall–Kier alpha value is -1.10. The largest absolute Gasteiger partial charge is 0.491 e. The fraction of sp³-hybridized carbons (Fsp3) is 0.600. The molecule has 0 aliphatic heterocycles. The molecule has 0 saturated carbocycles. The maximum Gasteiger partial charge on any atom is 0.119 e. The van der Waals surface area contributed by atoms with E-state index in [9.17, 15) is 5.11 Å². The molecular weight excluding hydrogens is 240 g/mol. The number of aliphatic hydroxyl groups is 1. The molecule has 1 atom stereocenters. The molecule has 2 N–H and O–H groups in total. The summed E-state index contributed by atoms with van der Waals surface area (Å²) < 4.78 is 5.48. The molecule has 108 valence electrons. The van der Waals surface area contributed by atoms with Crippen LogP contribution in [0.2, 0.25) is 0 Å². The minimum absolute atomic E-state index is 0.317. The molecular formula is C15H26N2O2. The van der Waals surface area contributed by atoms with Gasteiger partial charge in [0.2, 0.25) is 0 Å². The molecule has 0 aliphatic rings. The van der Waals surface area contributed by atoms with E-state index in [1.165, 1.54) is 0 Å². The normalized spacial score (nSPS) is 12.9. The maximum absolute atomic E-state index is 9.78. The predicted octanol–water partition coefficient (Wildman–Crippen LogP) is 1.36. The summed E-state index contributed by atoms with van der Waals surface area (Å²) in [6.07, 6.45) is -0.482. The Morgan fingerprint density at radius 2 is 1.95 bits per heavy atom. The van der Waals surface area contributed by atoms with Gasteiger partial charge in [-0.05, 0) is 33.0 Å². The molecule has 0 radical (unpaired) electrons. The van der Waals surface area contributed by atoms with E-state index in [0.717, 1.165) is 18.8 Å². The van der Waals surface area contributed by atoms with Crippen molar-refractivity contribution >= 4 is 0 Å². The van der Waals surface area contributed by atoms with Gasteiger partial charge < -0.3 is 20.1 Å². The van der Waals surface area contributed by atoms with Gasteiger partial charge in [0.05, 0.1) is 0 Å². The highest BCUT2D eigenvalue weighted by Crippen LogP contribution is 2.08. The first-order chi connectivity index (χ1) is 9.09. The molecule has 1 unspecified atom stereocenters. The van der Waals surface area contributed by atoms with Crippen molar-refractivity contribution < 1.29 is 9.84 Å². The third kappa shape index (κ3) is 7.15. The molecule has 1 aromatic rings. The van der Waals surface area contributed by atoms with Crippen LogP contribution in [0.1, 0.15) is 13.8 Å². The quantitative estimate of drug-likeness (QED) is 0.662. The van der Waals surface area contributed by atoms with Crippen LogP contribution in [0.25, 0.3) is 0 Å². The summed E-state index contributed by atoms with van der Waals surface area (Å²) in [5, 5.41) is 13.0. The number of nitrogens with one attached hydrogen (secondary N) is 1. The van der Waals surface area contributed by atoms with Crippen LogP contribution in [0.4, 0.5) is 0 Å². The van der Waals surface area contributed by atoms with E-state index < -0.39 is 6.10 Å². The van der Waals surface area contributed by atoms with Gasteiger partial charge in [0.1, 0.15) is 18.5 Å². The van der Waals surface area contributed by atoms with E-state index >= 15 is 0 Å². The zero-order chi connectivity index (χ0) is 14.1. The van der Waals surface area contributed by atoms with E-state index in [4.69, 9.17) is 4.74 Å². The molecule has 0 fully saturated rings. The Balaban J connectivity index is 2.07. The first kappa shape index (κ1) is 16.0. The molecule has 0 heterocycles. The van der Waals surface area contributed by atoms with Crippen LogP contribution in [0.15, 0.2) is 30.3 Å². The molecule has 4 nitrogen and oxygen atoms in total. The third-order valence-electron chi connectivity index (χ3n) is 3.09. The van der Waals surface area contributed by atoms with Crippen molar-refractivity contribution in [2.75, 3.05) is 33.3 Å². The first-order valence-corrected chi connectivity index (χ1v) is 6.86. The highest BCUT2D eigenvalue weighted by molar-refractivity contribution is 5.20. The van der Waals surface area contributed by atoms with Gasteiger partial charge >= 0.3 is 0 Å². The number of aliphatic hydroxyl groups excluding tert-OH is 1. The van der Waals surface area contributed by atoms with Gasteiger partial charge in [-0.15, -0.1) is 0 Å². The van der Waals surface area contributed by atoms with Gasteiger partial charge in [0.25, 0.3) is 0 Å². The second-order valence-corrected chi connectivity index (χ2v) is 5.06. The fourth-order valence-electron chi connectivity index (χ4n) is 1.55. The highest BCUT2D eigenvalue weighted by Gasteiger charge is 2.06. The van der Waals surface area contributed by atoms with Gasteiger partial charge in [-0.3, -0.25) is 0 Å². The lowest BCUT2D eigenvalue weighted by atomic mass is 10.3. The van der Waals surface area contributed by atoms with Gasteiger partial charge in [-0.1, -0.05) is 18.2 Å². The average molecular weight is 266 g/mol. The van der Waals surface area contributed by atoms with Crippen molar-refractivity contribution in [3.63, 3.8) is 0 Å². The minimum Gasteiger partial charge on any atom is -0.491 e. The fourth-order valence-corrected chi connectivity index (χ4v) is 1.55. The molecule has 0 bridgehead atoms. The van der Waals surface area contributed by atoms with Crippen molar-refractivity contribution in [3.8, 4) is 5.75 Å². The zero-order valence-corrected chi connectivity index (χ0v) is 12.2. The molecule has 1 rings (SSSR count). The second-order valence-electron chi connectivity index (χ2n) is 5.06. The van der Waals surface area contributed by atoms with Crippen molar-refractivity contribution in [2.45, 2.75) is 26.0 Å². The molecule has 0 spiro atoms. The highest BCUT2D eigenvalue weighted by atomic mass is 16.5. The average Bonchev–Trinajstić information content (AvgIpc) is 2.42. The number of para-hydroxylation sites is 1. The maximum atomic E-state index is 9.78. The zero-order valence-electron chi connectivity index (χ0n) is 12.2. The summed E-state index contributed by atoms with van der Waals surface area (Å²) >= 11 is 0. The Morgan fingerprint density at radius 1 is 1.26 bits per heavy atom. The number of hydrogen-bond acceptors (Lipinski definition) is 4. The van der Waals surface area contributed by atoms with Crippen LogP contribution >= 0.6 is 0 Å². The van der Waals surface area contributed by atoms with Gasteiger partial charge in [0.15, 0.2) is 0 Å². The van der Waals surface area contributed by atoms with Gasteiger partial charge in [-0.2, -0.15) is 0 Å². The summed E-state index contributed by atoms with van der Waals surface area (Å²) in [4.78, 5) is 2.26. The molecule has 0 saturated heterocycles. The molecule has 0 aliphatic carbocycles. The topological polar surface area (TPSA) is 44.7 Å². The van der Waals surface area contributed by atoms with Crippen LogP contribution < -0.4 is 10.1 Å². The Bertz CT molecular complexity index is 330. The SMILES string of the molecule is CC(C)N(C)CCNCC(O)COc1ccccc1. The molecule has 0 aromatic heterocycles. The second kappa shape index (κ2) is 8.91. The number of ether oxygens (including phenoxy) is 1. The lowest BCUT2D eigenvalue weighted by molar-refractivity contribution is 0.105. The summed E-state index contributed by atoms with van der Waals surface area (Å²) in [6.45, 7) is 7.06. The Labute approximate surface area is 116 Å². The standard InChI is InChI=1S/C15H26N2O2/c1-13(2)17(3)10-9-16-11-14(18)12-19-15-7-5-4-6-8-15/h4-8,13-14,16,18H,9-12H2,1-3H3. The number of benzene rings is 1. The summed E-state index contributed by atoms with van der Waals surface area (Å²) in [5.74, 6) is 0.793. The Kier molecular flexibility index (Phi) is 7.48. The summed E-state index contributed by atoms with van der Waals surface area (Å²) in [7, 11) is 2.10. The molecule has 0 amide bonds. The smallest absolute Gasteiger partial charge is 0.119 e. The predicted molar refractivity (Wildman–Crippen MR) is 78.6 cm³/mol. The van der Waals surface area contributed by atoms with E-state index in [2.05, 4.69) is 31.1 Å². The van der Waals surface area contributed by atoms with Crippen LogP contribution in [0.3, 0.4) is 0 Å². The number of nitrogens with zero attached hydrogens (tertiary/aromatic N) is 1. The molecule has 4 heteroatoms. The number of hydrogen-bond donors (Lipinski definition) is 2. The van der Waals surface area contributed by atoms with Gasteiger partial charge in [0, 0.05) is 25.7 Å². The van der Waals surface area contributed by atoms with E-state index in [1.54, 1.807) is 0 Å². The van der Waals surface area contributed by atoms with E-state index in [-0.39, 0.29) is 0 Å². The van der Waals surface area contributed by atoms with Crippen molar-refractivity contribution in [1.29, 1.82) is 0 Å². The third-order valence-corrected chi connectivity index (χ3v) is 3.09. The van der Waals surface area contributed by atoms with Crippen LogP contribution in [0.5, 0.6) is 5.75 Å². The summed E-state index contributed by atoms with van der Waals surface area (Å²) in [6, 6.07) is 10.1. The molecule has 19 heavy (non-hydrogen) atoms. The van der Waals surface area contributed by atoms with Crippen LogP contribution in [0, 0.1) is 0 Å². The van der Waals surface area contributed by atoms with Crippen molar-refractivity contribution in [2.24, 2.45) is 0 Å². The van der Waals surface area contributed by atoms with Crippen molar-refractivity contribution in [3.05, 3.63) is 30.3 Å². The monoisotopic (exact) mass is 266 g/mol. The van der Waals surface area contributed by atoms with Gasteiger partial charge in [-0.25, -0.2) is 0 Å².